The van der Waals surface area contributed by atoms with Crippen LogP contribution in [0.4, 0.5) is 0 Å². The topological polar surface area (TPSA) is 80.0 Å². The predicted octanol–water partition coefficient (Wildman–Crippen LogP) is 1.49. The van der Waals surface area contributed by atoms with Gasteiger partial charge in [-0.2, -0.15) is 0 Å². The van der Waals surface area contributed by atoms with Crippen LogP contribution in [0.5, 0.6) is 0 Å². The SMILES string of the molecule is CN(C)C1(c2nnnn2C2CCCC2)CCN(C(=O)c2ccccn2)C1. The van der Waals surface area contributed by atoms with E-state index >= 15 is 0 Å². The minimum atomic E-state index is -0.365. The van der Waals surface area contributed by atoms with Gasteiger partial charge in [0.1, 0.15) is 11.2 Å². The van der Waals surface area contributed by atoms with E-state index in [2.05, 4.69) is 25.4 Å². The van der Waals surface area contributed by atoms with E-state index in [4.69, 9.17) is 0 Å². The Morgan fingerprint density at radius 2 is 2.08 bits per heavy atom. The molecule has 138 valence electrons. The van der Waals surface area contributed by atoms with E-state index in [0.717, 1.165) is 25.1 Å². The Morgan fingerprint density at radius 1 is 1.27 bits per heavy atom. The number of carbonyl (C=O) groups is 1. The van der Waals surface area contributed by atoms with Crippen molar-refractivity contribution in [1.82, 2.24) is 35.0 Å². The summed E-state index contributed by atoms with van der Waals surface area (Å²) in [4.78, 5) is 21.1. The molecule has 1 saturated carbocycles. The number of tetrazole rings is 1. The molecular formula is C18H25N7O. The van der Waals surface area contributed by atoms with Crippen molar-refractivity contribution in [3.8, 4) is 0 Å². The van der Waals surface area contributed by atoms with Crippen molar-refractivity contribution >= 4 is 5.91 Å². The molecule has 0 radical (unpaired) electrons. The second-order valence-electron chi connectivity index (χ2n) is 7.50. The second-order valence-corrected chi connectivity index (χ2v) is 7.50. The zero-order valence-electron chi connectivity index (χ0n) is 15.4. The summed E-state index contributed by atoms with van der Waals surface area (Å²) in [7, 11) is 4.09. The van der Waals surface area contributed by atoms with Crippen LogP contribution in [0.2, 0.25) is 0 Å². The first-order valence-corrected chi connectivity index (χ1v) is 9.28. The molecule has 26 heavy (non-hydrogen) atoms. The maximum Gasteiger partial charge on any atom is 0.272 e. The molecule has 2 aliphatic rings. The summed E-state index contributed by atoms with van der Waals surface area (Å²) in [5.74, 6) is 0.847. The second kappa shape index (κ2) is 6.75. The normalized spacial score (nSPS) is 23.9. The maximum absolute atomic E-state index is 12.9. The van der Waals surface area contributed by atoms with Gasteiger partial charge in [0.2, 0.25) is 0 Å². The predicted molar refractivity (Wildman–Crippen MR) is 95.4 cm³/mol. The van der Waals surface area contributed by atoms with Gasteiger partial charge in [-0.05, 0) is 55.9 Å². The molecule has 1 saturated heterocycles. The summed E-state index contributed by atoms with van der Waals surface area (Å²) >= 11 is 0. The summed E-state index contributed by atoms with van der Waals surface area (Å²) in [6.07, 6.45) is 7.16. The van der Waals surface area contributed by atoms with Crippen molar-refractivity contribution in [3.05, 3.63) is 35.9 Å². The molecule has 2 aromatic heterocycles. The molecule has 1 atom stereocenters. The van der Waals surface area contributed by atoms with Crippen LogP contribution in [0.3, 0.4) is 0 Å². The molecule has 1 aliphatic carbocycles. The van der Waals surface area contributed by atoms with E-state index in [-0.39, 0.29) is 11.4 Å². The number of hydrogen-bond donors (Lipinski definition) is 0. The van der Waals surface area contributed by atoms with Gasteiger partial charge >= 0.3 is 0 Å². The Balaban J connectivity index is 1.63. The summed E-state index contributed by atoms with van der Waals surface area (Å²) in [5.41, 5.74) is 0.119. The monoisotopic (exact) mass is 355 g/mol. The number of hydrogen-bond acceptors (Lipinski definition) is 6. The Bertz CT molecular complexity index is 769. The minimum Gasteiger partial charge on any atom is -0.335 e. The van der Waals surface area contributed by atoms with E-state index in [1.165, 1.54) is 12.8 Å². The lowest BCUT2D eigenvalue weighted by Gasteiger charge is -2.35. The van der Waals surface area contributed by atoms with Gasteiger partial charge in [0.25, 0.3) is 5.91 Å². The molecule has 8 heteroatoms. The van der Waals surface area contributed by atoms with Gasteiger partial charge in [0.05, 0.1) is 6.04 Å². The molecule has 1 amide bonds. The fourth-order valence-corrected chi connectivity index (χ4v) is 4.26. The average molecular weight is 355 g/mol. The van der Waals surface area contributed by atoms with Gasteiger partial charge in [0, 0.05) is 19.3 Å². The van der Waals surface area contributed by atoms with Crippen molar-refractivity contribution in [2.45, 2.75) is 43.7 Å². The van der Waals surface area contributed by atoms with Crippen LogP contribution in [0.15, 0.2) is 24.4 Å². The minimum absolute atomic E-state index is 0.0331. The lowest BCUT2D eigenvalue weighted by Crippen LogP contribution is -2.47. The highest BCUT2D eigenvalue weighted by molar-refractivity contribution is 5.92. The number of aromatic nitrogens is 5. The number of nitrogens with zero attached hydrogens (tertiary/aromatic N) is 7. The van der Waals surface area contributed by atoms with Gasteiger partial charge in [-0.15, -0.1) is 5.10 Å². The van der Waals surface area contributed by atoms with Crippen molar-refractivity contribution in [1.29, 1.82) is 0 Å². The van der Waals surface area contributed by atoms with Crippen LogP contribution < -0.4 is 0 Å². The number of rotatable bonds is 4. The van der Waals surface area contributed by atoms with Crippen molar-refractivity contribution < 1.29 is 4.79 Å². The fourth-order valence-electron chi connectivity index (χ4n) is 4.26. The van der Waals surface area contributed by atoms with Crippen molar-refractivity contribution in [2.24, 2.45) is 0 Å². The molecule has 0 aromatic carbocycles. The van der Waals surface area contributed by atoms with Crippen LogP contribution in [-0.2, 0) is 5.54 Å². The molecular weight excluding hydrogens is 330 g/mol. The summed E-state index contributed by atoms with van der Waals surface area (Å²) in [6, 6.07) is 5.80. The smallest absolute Gasteiger partial charge is 0.272 e. The first-order valence-electron chi connectivity index (χ1n) is 9.28. The molecule has 0 N–H and O–H groups in total. The zero-order chi connectivity index (χ0) is 18.1. The third-order valence-electron chi connectivity index (χ3n) is 5.85. The maximum atomic E-state index is 12.9. The molecule has 3 heterocycles. The number of amides is 1. The van der Waals surface area contributed by atoms with Crippen molar-refractivity contribution in [3.63, 3.8) is 0 Å². The Labute approximate surface area is 153 Å². The lowest BCUT2D eigenvalue weighted by atomic mass is 9.95. The Morgan fingerprint density at radius 3 is 2.77 bits per heavy atom. The molecule has 4 rings (SSSR count). The molecule has 8 nitrogen and oxygen atoms in total. The van der Waals surface area contributed by atoms with Crippen LogP contribution in [0.1, 0.15) is 54.5 Å². The zero-order valence-corrected chi connectivity index (χ0v) is 15.4. The van der Waals surface area contributed by atoms with Gasteiger partial charge < -0.3 is 4.90 Å². The van der Waals surface area contributed by atoms with E-state index in [9.17, 15) is 4.79 Å². The average Bonchev–Trinajstić information content (AvgIpc) is 3.40. The number of likely N-dealkylation sites (N-methyl/N-ethyl adjacent to an activating group) is 1. The van der Waals surface area contributed by atoms with Gasteiger partial charge in [-0.25, -0.2) is 4.68 Å². The van der Waals surface area contributed by atoms with E-state index in [1.807, 2.05) is 35.8 Å². The quantitative estimate of drug-likeness (QED) is 0.827. The number of likely N-dealkylation sites (tertiary alicyclic amines) is 1. The van der Waals surface area contributed by atoms with E-state index in [0.29, 0.717) is 24.8 Å². The first-order chi connectivity index (χ1) is 12.6. The van der Waals surface area contributed by atoms with Crippen LogP contribution in [0.25, 0.3) is 0 Å². The number of pyridine rings is 1. The fraction of sp³-hybridized carbons (Fsp3) is 0.611. The highest BCUT2D eigenvalue weighted by Crippen LogP contribution is 2.38. The molecule has 0 spiro atoms. The van der Waals surface area contributed by atoms with Crippen molar-refractivity contribution in [2.75, 3.05) is 27.2 Å². The van der Waals surface area contributed by atoms with Crippen LogP contribution in [0, 0.1) is 0 Å². The summed E-state index contributed by atoms with van der Waals surface area (Å²) in [6.45, 7) is 1.24. The molecule has 2 aromatic rings. The van der Waals surface area contributed by atoms with Crippen LogP contribution >= 0.6 is 0 Å². The molecule has 1 aliphatic heterocycles. The lowest BCUT2D eigenvalue weighted by molar-refractivity contribution is 0.0732. The van der Waals surface area contributed by atoms with Gasteiger partial charge in [0.15, 0.2) is 5.82 Å². The third-order valence-corrected chi connectivity index (χ3v) is 5.85. The third kappa shape index (κ3) is 2.78. The molecule has 0 bridgehead atoms. The largest absolute Gasteiger partial charge is 0.335 e. The summed E-state index contributed by atoms with van der Waals surface area (Å²) < 4.78 is 2.02. The highest BCUT2D eigenvalue weighted by atomic mass is 16.2. The van der Waals surface area contributed by atoms with E-state index < -0.39 is 0 Å². The molecule has 1 unspecified atom stereocenters. The van der Waals surface area contributed by atoms with Gasteiger partial charge in [-0.1, -0.05) is 18.9 Å². The summed E-state index contributed by atoms with van der Waals surface area (Å²) in [5, 5.41) is 12.7. The van der Waals surface area contributed by atoms with Gasteiger partial charge in [-0.3, -0.25) is 14.7 Å². The van der Waals surface area contributed by atoms with Crippen LogP contribution in [-0.4, -0.2) is 68.1 Å². The van der Waals surface area contributed by atoms with E-state index in [1.54, 1.807) is 12.3 Å². The standard InChI is InChI=1S/C18H25N7O/c1-23(2)18(17-20-21-22-25(17)14-7-3-4-8-14)10-12-24(13-18)16(26)15-9-5-6-11-19-15/h5-6,9,11,14H,3-4,7-8,10,12-13H2,1-2H3. The Hall–Kier alpha value is -2.35. The Kier molecular flexibility index (Phi) is 4.44. The molecule has 2 fully saturated rings. The first kappa shape index (κ1) is 17.1. The number of carbonyl (C=O) groups excluding carboxylic acids is 1. The highest BCUT2D eigenvalue weighted by Gasteiger charge is 2.48.